The molecule has 0 saturated heterocycles. The third-order valence-electron chi connectivity index (χ3n) is 1.67. The van der Waals surface area contributed by atoms with Crippen LogP contribution in [0.2, 0.25) is 0 Å². The summed E-state index contributed by atoms with van der Waals surface area (Å²) in [4.78, 5) is 10.4. The van der Waals surface area contributed by atoms with Crippen molar-refractivity contribution in [1.82, 2.24) is 0 Å². The van der Waals surface area contributed by atoms with Crippen LogP contribution in [0.15, 0.2) is 0 Å². The lowest BCUT2D eigenvalue weighted by Gasteiger charge is -2.13. The van der Waals surface area contributed by atoms with Crippen molar-refractivity contribution in [3.63, 3.8) is 0 Å². The van der Waals surface area contributed by atoms with Crippen LogP contribution in [0.1, 0.15) is 13.8 Å². The SMILES string of the molecule is COC[C@H](C)[C@H](C)C(=O)O. The standard InChI is InChI=1S/C7H14O3/c1-5(4-10-3)6(2)7(8)9/h5-6H,4H2,1-3H3,(H,8,9)/t5-,6-/m0/s1. The lowest BCUT2D eigenvalue weighted by atomic mass is 9.97. The number of methoxy groups -OCH3 is 1. The molecule has 0 unspecified atom stereocenters. The fraction of sp³-hybridized carbons (Fsp3) is 0.857. The second-order valence-corrected chi connectivity index (χ2v) is 2.56. The Morgan fingerprint density at radius 1 is 1.60 bits per heavy atom. The normalized spacial score (nSPS) is 16.3. The van der Waals surface area contributed by atoms with Crippen molar-refractivity contribution in [2.75, 3.05) is 13.7 Å². The Bertz CT molecular complexity index is 111. The van der Waals surface area contributed by atoms with Crippen molar-refractivity contribution in [3.05, 3.63) is 0 Å². The minimum absolute atomic E-state index is 0.0856. The summed E-state index contributed by atoms with van der Waals surface area (Å²) in [5.41, 5.74) is 0. The first-order valence-electron chi connectivity index (χ1n) is 3.31. The Labute approximate surface area is 61.0 Å². The van der Waals surface area contributed by atoms with Gasteiger partial charge in [0.05, 0.1) is 5.92 Å². The van der Waals surface area contributed by atoms with Gasteiger partial charge in [0.25, 0.3) is 0 Å². The highest BCUT2D eigenvalue weighted by molar-refractivity contribution is 5.69. The molecule has 10 heavy (non-hydrogen) atoms. The lowest BCUT2D eigenvalue weighted by Crippen LogP contribution is -2.21. The first kappa shape index (κ1) is 9.43. The van der Waals surface area contributed by atoms with Crippen molar-refractivity contribution >= 4 is 5.97 Å². The Kier molecular flexibility index (Phi) is 4.03. The van der Waals surface area contributed by atoms with Crippen LogP contribution in [0.5, 0.6) is 0 Å². The number of ether oxygens (including phenoxy) is 1. The van der Waals surface area contributed by atoms with Crippen LogP contribution < -0.4 is 0 Å². The quantitative estimate of drug-likeness (QED) is 0.643. The molecular weight excluding hydrogens is 132 g/mol. The highest BCUT2D eigenvalue weighted by Gasteiger charge is 2.18. The van der Waals surface area contributed by atoms with Gasteiger partial charge in [-0.2, -0.15) is 0 Å². The molecule has 0 aromatic rings. The molecule has 1 N–H and O–H groups in total. The van der Waals surface area contributed by atoms with E-state index in [1.54, 1.807) is 14.0 Å². The van der Waals surface area contributed by atoms with E-state index in [4.69, 9.17) is 9.84 Å². The third-order valence-corrected chi connectivity index (χ3v) is 1.67. The largest absolute Gasteiger partial charge is 0.481 e. The van der Waals surface area contributed by atoms with Crippen molar-refractivity contribution in [2.24, 2.45) is 11.8 Å². The Morgan fingerprint density at radius 2 is 2.10 bits per heavy atom. The van der Waals surface area contributed by atoms with Crippen molar-refractivity contribution in [2.45, 2.75) is 13.8 Å². The number of carbonyl (C=O) groups is 1. The van der Waals surface area contributed by atoms with Gasteiger partial charge < -0.3 is 9.84 Å². The summed E-state index contributed by atoms with van der Waals surface area (Å²) in [6.07, 6.45) is 0. The maximum absolute atomic E-state index is 10.4. The highest BCUT2D eigenvalue weighted by Crippen LogP contribution is 2.10. The zero-order valence-electron chi connectivity index (χ0n) is 6.63. The predicted molar refractivity (Wildman–Crippen MR) is 37.8 cm³/mol. The van der Waals surface area contributed by atoms with E-state index in [2.05, 4.69) is 0 Å². The first-order chi connectivity index (χ1) is 4.59. The summed E-state index contributed by atoms with van der Waals surface area (Å²) in [5, 5.41) is 8.52. The van der Waals surface area contributed by atoms with Gasteiger partial charge in [-0.3, -0.25) is 4.79 Å². The van der Waals surface area contributed by atoms with Crippen LogP contribution in [-0.2, 0) is 9.53 Å². The molecular formula is C7H14O3. The third kappa shape index (κ3) is 2.82. The second kappa shape index (κ2) is 4.28. The first-order valence-corrected chi connectivity index (χ1v) is 3.31. The molecule has 60 valence electrons. The number of hydrogen-bond acceptors (Lipinski definition) is 2. The molecule has 3 heteroatoms. The molecule has 0 heterocycles. The van der Waals surface area contributed by atoms with E-state index in [9.17, 15) is 4.79 Å². The van der Waals surface area contributed by atoms with Gasteiger partial charge in [-0.15, -0.1) is 0 Å². The van der Waals surface area contributed by atoms with E-state index in [0.29, 0.717) is 6.61 Å². The monoisotopic (exact) mass is 146 g/mol. The fourth-order valence-corrected chi connectivity index (χ4v) is 0.651. The Hall–Kier alpha value is -0.570. The van der Waals surface area contributed by atoms with Gasteiger partial charge in [-0.1, -0.05) is 13.8 Å². The van der Waals surface area contributed by atoms with Crippen LogP contribution in [0.25, 0.3) is 0 Å². The van der Waals surface area contributed by atoms with Crippen molar-refractivity contribution in [3.8, 4) is 0 Å². The van der Waals surface area contributed by atoms with Gasteiger partial charge in [0, 0.05) is 13.7 Å². The molecule has 0 amide bonds. The number of rotatable bonds is 4. The van der Waals surface area contributed by atoms with E-state index >= 15 is 0 Å². The molecule has 0 aromatic carbocycles. The molecule has 3 nitrogen and oxygen atoms in total. The van der Waals surface area contributed by atoms with E-state index in [0.717, 1.165) is 0 Å². The average Bonchev–Trinajstić information content (AvgIpc) is 1.87. The Morgan fingerprint density at radius 3 is 2.40 bits per heavy atom. The zero-order valence-corrected chi connectivity index (χ0v) is 6.63. The maximum Gasteiger partial charge on any atom is 0.306 e. The smallest absolute Gasteiger partial charge is 0.306 e. The Balaban J connectivity index is 3.69. The highest BCUT2D eigenvalue weighted by atomic mass is 16.5. The number of carboxylic acids is 1. The van der Waals surface area contributed by atoms with Gasteiger partial charge in [0.2, 0.25) is 0 Å². The number of aliphatic carboxylic acids is 1. The molecule has 0 aromatic heterocycles. The van der Waals surface area contributed by atoms with E-state index in [1.807, 2.05) is 6.92 Å². The van der Waals surface area contributed by atoms with Crippen LogP contribution in [0.4, 0.5) is 0 Å². The molecule has 0 aliphatic heterocycles. The summed E-state index contributed by atoms with van der Waals surface area (Å²) in [7, 11) is 1.57. The van der Waals surface area contributed by atoms with Crippen LogP contribution in [0, 0.1) is 11.8 Å². The van der Waals surface area contributed by atoms with Crippen LogP contribution in [-0.4, -0.2) is 24.8 Å². The van der Waals surface area contributed by atoms with Gasteiger partial charge in [0.15, 0.2) is 0 Å². The van der Waals surface area contributed by atoms with Gasteiger partial charge in [-0.25, -0.2) is 0 Å². The van der Waals surface area contributed by atoms with E-state index < -0.39 is 5.97 Å². The minimum atomic E-state index is -0.760. The summed E-state index contributed by atoms with van der Waals surface area (Å²) in [6, 6.07) is 0. The molecule has 0 fully saturated rings. The summed E-state index contributed by atoms with van der Waals surface area (Å²) in [6.45, 7) is 4.06. The fourth-order valence-electron chi connectivity index (χ4n) is 0.651. The second-order valence-electron chi connectivity index (χ2n) is 2.56. The topological polar surface area (TPSA) is 46.5 Å². The molecule has 0 rings (SSSR count). The molecule has 0 spiro atoms. The van der Waals surface area contributed by atoms with Gasteiger partial charge >= 0.3 is 5.97 Å². The minimum Gasteiger partial charge on any atom is -0.481 e. The van der Waals surface area contributed by atoms with Gasteiger partial charge in [0.1, 0.15) is 0 Å². The zero-order chi connectivity index (χ0) is 8.15. The van der Waals surface area contributed by atoms with Crippen molar-refractivity contribution < 1.29 is 14.6 Å². The predicted octanol–water partition coefficient (Wildman–Crippen LogP) is 0.990. The maximum atomic E-state index is 10.4. The molecule has 0 aliphatic carbocycles. The summed E-state index contributed by atoms with van der Waals surface area (Å²) < 4.78 is 4.81. The van der Waals surface area contributed by atoms with Crippen LogP contribution in [0.3, 0.4) is 0 Å². The number of carboxylic acid groups (broad SMARTS) is 1. The molecule has 2 atom stereocenters. The average molecular weight is 146 g/mol. The van der Waals surface area contributed by atoms with Gasteiger partial charge in [-0.05, 0) is 5.92 Å². The number of hydrogen-bond donors (Lipinski definition) is 1. The summed E-state index contributed by atoms with van der Waals surface area (Å²) in [5.74, 6) is -0.994. The lowest BCUT2D eigenvalue weighted by molar-refractivity contribution is -0.143. The summed E-state index contributed by atoms with van der Waals surface area (Å²) >= 11 is 0. The van der Waals surface area contributed by atoms with E-state index in [1.165, 1.54) is 0 Å². The molecule has 0 bridgehead atoms. The molecule has 0 saturated carbocycles. The van der Waals surface area contributed by atoms with E-state index in [-0.39, 0.29) is 11.8 Å². The van der Waals surface area contributed by atoms with Crippen molar-refractivity contribution in [1.29, 1.82) is 0 Å². The molecule has 0 radical (unpaired) electrons. The van der Waals surface area contributed by atoms with Crippen LogP contribution >= 0.6 is 0 Å². The molecule has 0 aliphatic rings.